The first-order valence-electron chi connectivity index (χ1n) is 13.4. The molecule has 7 nitrogen and oxygen atoms in total. The van der Waals surface area contributed by atoms with Gasteiger partial charge in [0.25, 0.3) is 0 Å². The molecule has 218 valence electrons. The number of anilines is 2. The minimum Gasteiger partial charge on any atom is -0.497 e. The molecule has 0 fully saturated rings. The molecule has 0 aliphatic heterocycles. The highest BCUT2D eigenvalue weighted by Crippen LogP contribution is 2.34. The first-order valence-corrected chi connectivity index (χ1v) is 14.2. The zero-order chi connectivity index (χ0) is 30.2. The largest absolute Gasteiger partial charge is 0.497 e. The van der Waals surface area contributed by atoms with Gasteiger partial charge in [-0.25, -0.2) is 4.98 Å². The molecule has 42 heavy (non-hydrogen) atoms. The Morgan fingerprint density at radius 1 is 0.810 bits per heavy atom. The van der Waals surface area contributed by atoms with Crippen LogP contribution in [0, 0.1) is 0 Å². The standard InChI is InChI=1S/C33H35Cl2N5O2/c1-22(7-9-24(3)34)19-39-21-26(17-37-39)33-18-36-31-12-11-27(15-32(31)38-33)40(20-23(2)8-10-25(4)35)28-13-29(41-5)16-30(14-28)42-6/h7-18,21H,19-20H2,1-6H3/b22-7+,23-8+,24-9+,25-10+. The molecule has 0 aliphatic carbocycles. The summed E-state index contributed by atoms with van der Waals surface area (Å²) in [6, 6.07) is 11.9. The molecular formula is C33H35Cl2N5O2. The van der Waals surface area contributed by atoms with Crippen molar-refractivity contribution in [3.05, 3.63) is 101 Å². The molecule has 4 rings (SSSR count). The molecule has 0 aliphatic rings. The summed E-state index contributed by atoms with van der Waals surface area (Å²) in [6.07, 6.45) is 13.4. The predicted octanol–water partition coefficient (Wildman–Crippen LogP) is 8.83. The van der Waals surface area contributed by atoms with Crippen LogP contribution in [0.3, 0.4) is 0 Å². The van der Waals surface area contributed by atoms with Crippen LogP contribution in [-0.4, -0.2) is 40.5 Å². The van der Waals surface area contributed by atoms with Crippen LogP contribution in [0.2, 0.25) is 0 Å². The van der Waals surface area contributed by atoms with Gasteiger partial charge in [-0.3, -0.25) is 9.67 Å². The van der Waals surface area contributed by atoms with Gasteiger partial charge in [-0.2, -0.15) is 5.10 Å². The van der Waals surface area contributed by atoms with Gasteiger partial charge in [-0.15, -0.1) is 0 Å². The molecule has 0 bridgehead atoms. The van der Waals surface area contributed by atoms with Gasteiger partial charge in [0, 0.05) is 57.9 Å². The first kappa shape index (κ1) is 30.9. The maximum absolute atomic E-state index is 6.09. The van der Waals surface area contributed by atoms with Crippen molar-refractivity contribution in [2.75, 3.05) is 25.7 Å². The summed E-state index contributed by atoms with van der Waals surface area (Å²) in [6.45, 7) is 9.08. The van der Waals surface area contributed by atoms with Crippen LogP contribution in [0.15, 0.2) is 101 Å². The van der Waals surface area contributed by atoms with Crippen molar-refractivity contribution in [1.82, 2.24) is 19.7 Å². The molecule has 0 saturated carbocycles. The third kappa shape index (κ3) is 8.24. The molecular weight excluding hydrogens is 569 g/mol. The number of methoxy groups -OCH3 is 2. The maximum Gasteiger partial charge on any atom is 0.124 e. The van der Waals surface area contributed by atoms with Gasteiger partial charge in [0.15, 0.2) is 0 Å². The second-order valence-corrected chi connectivity index (χ2v) is 11.2. The molecule has 0 amide bonds. The van der Waals surface area contributed by atoms with Gasteiger partial charge >= 0.3 is 0 Å². The van der Waals surface area contributed by atoms with Crippen LogP contribution in [0.25, 0.3) is 22.3 Å². The van der Waals surface area contributed by atoms with E-state index in [-0.39, 0.29) is 0 Å². The average molecular weight is 605 g/mol. The van der Waals surface area contributed by atoms with Crippen molar-refractivity contribution in [2.45, 2.75) is 34.2 Å². The van der Waals surface area contributed by atoms with E-state index in [0.29, 0.717) is 29.6 Å². The van der Waals surface area contributed by atoms with E-state index in [2.05, 4.69) is 21.9 Å². The molecule has 4 aromatic rings. The number of benzene rings is 2. The Balaban J connectivity index is 1.72. The number of hydrogen-bond acceptors (Lipinski definition) is 6. The molecule has 0 spiro atoms. The van der Waals surface area contributed by atoms with Crippen LogP contribution in [0.1, 0.15) is 27.7 Å². The zero-order valence-electron chi connectivity index (χ0n) is 24.7. The highest BCUT2D eigenvalue weighted by atomic mass is 35.5. The number of hydrogen-bond donors (Lipinski definition) is 0. The Morgan fingerprint density at radius 3 is 2.12 bits per heavy atom. The van der Waals surface area contributed by atoms with E-state index >= 15 is 0 Å². The summed E-state index contributed by atoms with van der Waals surface area (Å²) in [4.78, 5) is 11.8. The smallest absolute Gasteiger partial charge is 0.124 e. The molecule has 0 radical (unpaired) electrons. The lowest BCUT2D eigenvalue weighted by Gasteiger charge is -2.26. The molecule has 2 aromatic carbocycles. The van der Waals surface area contributed by atoms with Crippen molar-refractivity contribution >= 4 is 45.6 Å². The van der Waals surface area contributed by atoms with Crippen molar-refractivity contribution in [3.8, 4) is 22.8 Å². The van der Waals surface area contributed by atoms with Crippen LogP contribution in [0.5, 0.6) is 11.5 Å². The third-order valence-corrected chi connectivity index (χ3v) is 6.68. The highest BCUT2D eigenvalue weighted by Gasteiger charge is 2.15. The second-order valence-electron chi connectivity index (χ2n) is 10.0. The summed E-state index contributed by atoms with van der Waals surface area (Å²) in [7, 11) is 3.29. The lowest BCUT2D eigenvalue weighted by Crippen LogP contribution is -2.19. The van der Waals surface area contributed by atoms with Crippen molar-refractivity contribution in [3.63, 3.8) is 0 Å². The van der Waals surface area contributed by atoms with Gasteiger partial charge in [-0.1, -0.05) is 46.5 Å². The average Bonchev–Trinajstić information content (AvgIpc) is 3.45. The van der Waals surface area contributed by atoms with E-state index in [1.54, 1.807) is 20.4 Å². The highest BCUT2D eigenvalue weighted by molar-refractivity contribution is 6.29. The Labute approximate surface area is 257 Å². The zero-order valence-corrected chi connectivity index (χ0v) is 26.2. The summed E-state index contributed by atoms with van der Waals surface area (Å²) < 4.78 is 13.0. The SMILES string of the molecule is COc1cc(OC)cc(N(C/C(C)=C/C=C(\C)Cl)c2ccc3ncc(-c4cnn(C/C(C)=C/C=C(\C)Cl)c4)nc3c2)c1. The van der Waals surface area contributed by atoms with Gasteiger partial charge in [0.2, 0.25) is 0 Å². The summed E-state index contributed by atoms with van der Waals surface area (Å²) in [5, 5.41) is 5.97. The quantitative estimate of drug-likeness (QED) is 0.159. The molecule has 9 heteroatoms. The number of fused-ring (bicyclic) bond motifs is 1. The van der Waals surface area contributed by atoms with Gasteiger partial charge in [0.1, 0.15) is 11.5 Å². The first-order chi connectivity index (χ1) is 20.1. The Morgan fingerprint density at radius 2 is 1.48 bits per heavy atom. The second kappa shape index (κ2) is 14.2. The minimum absolute atomic E-state index is 0.605. The van der Waals surface area contributed by atoms with E-state index in [4.69, 9.17) is 37.7 Å². The normalized spacial score (nSPS) is 13.0. The van der Waals surface area contributed by atoms with E-state index < -0.39 is 0 Å². The molecule has 2 heterocycles. The van der Waals surface area contributed by atoms with Crippen LogP contribution < -0.4 is 14.4 Å². The lowest BCUT2D eigenvalue weighted by molar-refractivity contribution is 0.394. The number of halogens is 2. The summed E-state index contributed by atoms with van der Waals surface area (Å²) >= 11 is 12.0. The van der Waals surface area contributed by atoms with Crippen LogP contribution in [0.4, 0.5) is 11.4 Å². The fraction of sp³-hybridized carbons (Fsp3) is 0.242. The van der Waals surface area contributed by atoms with E-state index in [9.17, 15) is 0 Å². The Bertz CT molecular complexity index is 1660. The fourth-order valence-electron chi connectivity index (χ4n) is 4.29. The van der Waals surface area contributed by atoms with E-state index in [0.717, 1.165) is 49.8 Å². The van der Waals surface area contributed by atoms with Crippen LogP contribution >= 0.6 is 23.2 Å². The van der Waals surface area contributed by atoms with Crippen molar-refractivity contribution in [2.24, 2.45) is 0 Å². The monoisotopic (exact) mass is 603 g/mol. The van der Waals surface area contributed by atoms with Crippen molar-refractivity contribution < 1.29 is 9.47 Å². The Hall–Kier alpha value is -4.07. The number of nitrogens with zero attached hydrogens (tertiary/aromatic N) is 5. The lowest BCUT2D eigenvalue weighted by atomic mass is 10.1. The topological polar surface area (TPSA) is 65.3 Å². The number of ether oxygens (including phenoxy) is 2. The molecule has 2 aromatic heterocycles. The third-order valence-electron chi connectivity index (χ3n) is 6.43. The van der Waals surface area contributed by atoms with E-state index in [1.165, 1.54) is 0 Å². The Kier molecular flexibility index (Phi) is 10.4. The molecule has 0 unspecified atom stereocenters. The minimum atomic E-state index is 0.605. The fourth-order valence-corrected chi connectivity index (χ4v) is 4.42. The van der Waals surface area contributed by atoms with Crippen molar-refractivity contribution in [1.29, 1.82) is 0 Å². The molecule has 0 atom stereocenters. The summed E-state index contributed by atoms with van der Waals surface area (Å²) in [5.74, 6) is 1.40. The molecule has 0 N–H and O–H groups in total. The van der Waals surface area contributed by atoms with E-state index in [1.807, 2.05) is 98.5 Å². The number of aromatic nitrogens is 4. The van der Waals surface area contributed by atoms with Crippen LogP contribution in [-0.2, 0) is 6.54 Å². The van der Waals surface area contributed by atoms with Gasteiger partial charge in [-0.05, 0) is 58.0 Å². The predicted molar refractivity (Wildman–Crippen MR) is 174 cm³/mol. The number of allylic oxidation sites excluding steroid dienone is 7. The van der Waals surface area contributed by atoms with Gasteiger partial charge in [0.05, 0.1) is 49.9 Å². The molecule has 0 saturated heterocycles. The maximum atomic E-state index is 6.09. The summed E-state index contributed by atoms with van der Waals surface area (Å²) in [5.41, 5.74) is 7.32. The number of rotatable bonds is 11. The van der Waals surface area contributed by atoms with Gasteiger partial charge < -0.3 is 14.4 Å².